The zero-order chi connectivity index (χ0) is 19.9. The maximum absolute atomic E-state index is 12.7. The number of nitrogens with one attached hydrogen (secondary N) is 1. The molecule has 0 spiro atoms. The molecule has 5 nitrogen and oxygen atoms in total. The first-order valence-electron chi connectivity index (χ1n) is 8.40. The minimum absolute atomic E-state index is 0.307. The third-order valence-corrected chi connectivity index (χ3v) is 5.44. The SMILES string of the molecule is NC(c1ccc(-c2nc(C(F)(F)F)cs2)cc1)C(N)c1ccc2nc[nH]c2c1. The number of benzene rings is 2. The van der Waals surface area contributed by atoms with E-state index < -0.39 is 24.0 Å². The van der Waals surface area contributed by atoms with E-state index in [-0.39, 0.29) is 0 Å². The molecule has 4 aromatic rings. The highest BCUT2D eigenvalue weighted by Crippen LogP contribution is 2.34. The van der Waals surface area contributed by atoms with E-state index in [4.69, 9.17) is 11.5 Å². The Labute approximate surface area is 162 Å². The van der Waals surface area contributed by atoms with Crippen LogP contribution in [0.5, 0.6) is 0 Å². The fraction of sp³-hybridized carbons (Fsp3) is 0.158. The van der Waals surface area contributed by atoms with Crippen molar-refractivity contribution >= 4 is 22.4 Å². The molecule has 28 heavy (non-hydrogen) atoms. The van der Waals surface area contributed by atoms with Crippen LogP contribution < -0.4 is 11.5 Å². The Balaban J connectivity index is 1.55. The lowest BCUT2D eigenvalue weighted by Crippen LogP contribution is -2.26. The average Bonchev–Trinajstić information content (AvgIpc) is 3.35. The summed E-state index contributed by atoms with van der Waals surface area (Å²) in [6, 6.07) is 11.7. The molecular formula is C19H16F3N5S. The van der Waals surface area contributed by atoms with Gasteiger partial charge in [0.2, 0.25) is 0 Å². The Hall–Kier alpha value is -2.75. The third-order valence-electron chi connectivity index (χ3n) is 4.55. The maximum atomic E-state index is 12.7. The number of fused-ring (bicyclic) bond motifs is 1. The van der Waals surface area contributed by atoms with E-state index in [9.17, 15) is 13.2 Å². The van der Waals surface area contributed by atoms with Gasteiger partial charge in [0.05, 0.1) is 17.4 Å². The van der Waals surface area contributed by atoms with Gasteiger partial charge in [-0.25, -0.2) is 9.97 Å². The van der Waals surface area contributed by atoms with Crippen LogP contribution in [0.15, 0.2) is 54.2 Å². The predicted molar refractivity (Wildman–Crippen MR) is 103 cm³/mol. The molecule has 0 radical (unpaired) electrons. The molecule has 0 aliphatic carbocycles. The van der Waals surface area contributed by atoms with Crippen LogP contribution in [-0.4, -0.2) is 15.0 Å². The van der Waals surface area contributed by atoms with Crippen LogP contribution in [0.2, 0.25) is 0 Å². The highest BCUT2D eigenvalue weighted by molar-refractivity contribution is 7.13. The summed E-state index contributed by atoms with van der Waals surface area (Å²) >= 11 is 0.952. The summed E-state index contributed by atoms with van der Waals surface area (Å²) < 4.78 is 38.2. The number of aromatic nitrogens is 3. The molecule has 4 rings (SSSR count). The molecular weight excluding hydrogens is 387 g/mol. The summed E-state index contributed by atoms with van der Waals surface area (Å²) in [7, 11) is 0. The monoisotopic (exact) mass is 403 g/mol. The van der Waals surface area contributed by atoms with E-state index >= 15 is 0 Å². The van der Waals surface area contributed by atoms with Gasteiger partial charge in [-0.3, -0.25) is 0 Å². The number of alkyl halides is 3. The van der Waals surface area contributed by atoms with Crippen LogP contribution in [0, 0.1) is 0 Å². The minimum atomic E-state index is -4.44. The molecule has 0 amide bonds. The zero-order valence-corrected chi connectivity index (χ0v) is 15.3. The molecule has 0 aliphatic heterocycles. The lowest BCUT2D eigenvalue weighted by atomic mass is 9.94. The number of hydrogen-bond donors (Lipinski definition) is 3. The van der Waals surface area contributed by atoms with Gasteiger partial charge in [-0.05, 0) is 23.3 Å². The number of rotatable bonds is 4. The molecule has 2 aromatic heterocycles. The number of hydrogen-bond acceptors (Lipinski definition) is 5. The Bertz CT molecular complexity index is 1100. The molecule has 144 valence electrons. The molecule has 0 saturated carbocycles. The second-order valence-electron chi connectivity index (χ2n) is 6.39. The Morgan fingerprint density at radius 3 is 2.32 bits per heavy atom. The van der Waals surface area contributed by atoms with Gasteiger partial charge in [0.15, 0.2) is 5.69 Å². The smallest absolute Gasteiger partial charge is 0.345 e. The lowest BCUT2D eigenvalue weighted by Gasteiger charge is -2.21. The molecule has 2 heterocycles. The lowest BCUT2D eigenvalue weighted by molar-refractivity contribution is -0.140. The van der Waals surface area contributed by atoms with Crippen molar-refractivity contribution in [3.05, 3.63) is 71.0 Å². The summed E-state index contributed by atoms with van der Waals surface area (Å²) in [5, 5.41) is 1.32. The van der Waals surface area contributed by atoms with E-state index in [0.29, 0.717) is 10.6 Å². The summed E-state index contributed by atoms with van der Waals surface area (Å²) in [6.45, 7) is 0. The van der Waals surface area contributed by atoms with Gasteiger partial charge in [0.25, 0.3) is 0 Å². The van der Waals surface area contributed by atoms with Crippen LogP contribution in [0.1, 0.15) is 28.9 Å². The molecule has 2 atom stereocenters. The fourth-order valence-electron chi connectivity index (χ4n) is 2.96. The van der Waals surface area contributed by atoms with Crippen molar-refractivity contribution in [1.82, 2.24) is 15.0 Å². The van der Waals surface area contributed by atoms with Gasteiger partial charge in [-0.2, -0.15) is 13.2 Å². The molecule has 0 fully saturated rings. The van der Waals surface area contributed by atoms with Gasteiger partial charge in [-0.15, -0.1) is 11.3 Å². The first kappa shape index (κ1) is 18.6. The summed E-state index contributed by atoms with van der Waals surface area (Å²) in [4.78, 5) is 10.9. The van der Waals surface area contributed by atoms with Crippen molar-refractivity contribution in [3.8, 4) is 10.6 Å². The van der Waals surface area contributed by atoms with E-state index in [1.165, 1.54) is 0 Å². The predicted octanol–water partition coefficient (Wildman–Crippen LogP) is 4.41. The highest BCUT2D eigenvalue weighted by Gasteiger charge is 2.33. The van der Waals surface area contributed by atoms with E-state index in [2.05, 4.69) is 15.0 Å². The number of nitrogens with zero attached hydrogens (tertiary/aromatic N) is 2. The molecule has 5 N–H and O–H groups in total. The molecule has 0 saturated heterocycles. The first-order chi connectivity index (χ1) is 13.3. The highest BCUT2D eigenvalue weighted by atomic mass is 32.1. The van der Waals surface area contributed by atoms with Gasteiger partial charge in [-0.1, -0.05) is 30.3 Å². The molecule has 0 aliphatic rings. The van der Waals surface area contributed by atoms with Gasteiger partial charge in [0, 0.05) is 23.0 Å². The summed E-state index contributed by atoms with van der Waals surface area (Å²) in [5.41, 5.74) is 15.7. The van der Waals surface area contributed by atoms with Gasteiger partial charge in [0.1, 0.15) is 5.01 Å². The van der Waals surface area contributed by atoms with Crippen molar-refractivity contribution in [2.45, 2.75) is 18.3 Å². The third kappa shape index (κ3) is 3.51. The Morgan fingerprint density at radius 1 is 0.964 bits per heavy atom. The number of H-pyrrole nitrogens is 1. The second kappa shape index (κ2) is 7.01. The van der Waals surface area contributed by atoms with Crippen LogP contribution in [0.3, 0.4) is 0 Å². The van der Waals surface area contributed by atoms with Crippen molar-refractivity contribution < 1.29 is 13.2 Å². The summed E-state index contributed by atoms with van der Waals surface area (Å²) in [6.07, 6.45) is -2.83. The number of thiazole rings is 1. The topological polar surface area (TPSA) is 93.6 Å². The van der Waals surface area contributed by atoms with Crippen molar-refractivity contribution in [2.24, 2.45) is 11.5 Å². The van der Waals surface area contributed by atoms with Crippen LogP contribution in [-0.2, 0) is 6.18 Å². The normalized spacial score (nSPS) is 14.3. The minimum Gasteiger partial charge on any atom is -0.345 e. The number of nitrogens with two attached hydrogens (primary N) is 2. The Morgan fingerprint density at radius 2 is 1.64 bits per heavy atom. The van der Waals surface area contributed by atoms with Crippen molar-refractivity contribution in [3.63, 3.8) is 0 Å². The zero-order valence-electron chi connectivity index (χ0n) is 14.4. The molecule has 2 aromatic carbocycles. The van der Waals surface area contributed by atoms with Crippen LogP contribution in [0.4, 0.5) is 13.2 Å². The van der Waals surface area contributed by atoms with E-state index in [1.54, 1.807) is 30.6 Å². The standard InChI is InChI=1S/C19H16F3N5S/c20-19(21,22)15-8-28-18(27-15)11-3-1-10(2-4-11)16(23)17(24)12-5-6-13-14(7-12)26-9-25-13/h1-9,16-17H,23-24H2,(H,25,26). The second-order valence-corrected chi connectivity index (χ2v) is 7.25. The largest absolute Gasteiger partial charge is 0.434 e. The fourth-order valence-corrected chi connectivity index (χ4v) is 3.79. The van der Waals surface area contributed by atoms with Crippen LogP contribution >= 0.6 is 11.3 Å². The Kier molecular flexibility index (Phi) is 4.66. The number of halogens is 3. The summed E-state index contributed by atoms with van der Waals surface area (Å²) in [5.74, 6) is 0. The maximum Gasteiger partial charge on any atom is 0.434 e. The van der Waals surface area contributed by atoms with Crippen LogP contribution in [0.25, 0.3) is 21.6 Å². The van der Waals surface area contributed by atoms with Gasteiger partial charge >= 0.3 is 6.18 Å². The first-order valence-corrected chi connectivity index (χ1v) is 9.28. The number of aromatic amines is 1. The van der Waals surface area contributed by atoms with E-state index in [1.807, 2.05) is 18.2 Å². The molecule has 0 bridgehead atoms. The number of imidazole rings is 1. The van der Waals surface area contributed by atoms with Crippen molar-refractivity contribution in [1.29, 1.82) is 0 Å². The average molecular weight is 403 g/mol. The molecule has 2 unspecified atom stereocenters. The van der Waals surface area contributed by atoms with E-state index in [0.717, 1.165) is 38.9 Å². The van der Waals surface area contributed by atoms with Crippen molar-refractivity contribution in [2.75, 3.05) is 0 Å². The van der Waals surface area contributed by atoms with Gasteiger partial charge < -0.3 is 16.5 Å². The molecule has 9 heteroatoms. The quantitative estimate of drug-likeness (QED) is 0.471.